The van der Waals surface area contributed by atoms with Crippen molar-refractivity contribution >= 4 is 5.78 Å². The molecule has 0 aliphatic carbocycles. The number of hydrogen-bond acceptors (Lipinski definition) is 9. The van der Waals surface area contributed by atoms with Gasteiger partial charge in [-0.25, -0.2) is 0 Å². The molecule has 0 radical (unpaired) electrons. The van der Waals surface area contributed by atoms with Gasteiger partial charge in [0.1, 0.15) is 53.0 Å². The summed E-state index contributed by atoms with van der Waals surface area (Å²) < 4.78 is 21.8. The fraction of sp³-hybridized carbons (Fsp3) is 0.381. The van der Waals surface area contributed by atoms with Crippen LogP contribution in [0.5, 0.6) is 23.0 Å². The molecule has 5 atom stereocenters. The molecule has 4 rings (SSSR count). The number of fused-ring (bicyclic) bond motifs is 1. The molecular formula is C21H22O9. The van der Waals surface area contributed by atoms with Gasteiger partial charge in [-0.05, 0) is 17.7 Å². The predicted octanol–water partition coefficient (Wildman–Crippen LogP) is 0.925. The summed E-state index contributed by atoms with van der Waals surface area (Å²) in [5.74, 6) is 0.267. The van der Waals surface area contributed by atoms with Crippen LogP contribution in [0.1, 0.15) is 28.4 Å². The van der Waals surface area contributed by atoms with Crippen molar-refractivity contribution < 1.29 is 44.2 Å². The quantitative estimate of drug-likeness (QED) is 0.572. The number of carbonyl (C=O) groups excluding carboxylic acids is 1. The summed E-state index contributed by atoms with van der Waals surface area (Å²) in [4.78, 5) is 12.6. The molecule has 30 heavy (non-hydrogen) atoms. The van der Waals surface area contributed by atoms with Gasteiger partial charge in [0.05, 0.1) is 20.1 Å². The molecule has 1 fully saturated rings. The summed E-state index contributed by atoms with van der Waals surface area (Å²) in [6, 6.07) is 9.73. The largest absolute Gasteiger partial charge is 0.507 e. The Hall–Kier alpha value is -2.85. The molecule has 2 aliphatic rings. The van der Waals surface area contributed by atoms with Gasteiger partial charge < -0.3 is 39.4 Å². The predicted molar refractivity (Wildman–Crippen MR) is 102 cm³/mol. The normalized spacial score (nSPS) is 28.4. The molecule has 9 heteroatoms. The fourth-order valence-electron chi connectivity index (χ4n) is 3.50. The van der Waals surface area contributed by atoms with Gasteiger partial charge in [0.15, 0.2) is 5.78 Å². The highest BCUT2D eigenvalue weighted by atomic mass is 16.7. The van der Waals surface area contributed by atoms with E-state index in [-0.39, 0.29) is 41.6 Å². The van der Waals surface area contributed by atoms with Crippen LogP contribution in [0.4, 0.5) is 0 Å². The lowest BCUT2D eigenvalue weighted by Gasteiger charge is -2.35. The molecule has 0 unspecified atom stereocenters. The molecule has 1 saturated heterocycles. The van der Waals surface area contributed by atoms with Crippen LogP contribution in [0.15, 0.2) is 36.4 Å². The number of aliphatic hydroxyl groups excluding tert-OH is 3. The average Bonchev–Trinajstić information content (AvgIpc) is 2.73. The first-order valence-electron chi connectivity index (χ1n) is 9.40. The minimum Gasteiger partial charge on any atom is -0.507 e. The number of rotatable bonds is 4. The van der Waals surface area contributed by atoms with Crippen molar-refractivity contribution in [1.82, 2.24) is 0 Å². The second-order valence-corrected chi connectivity index (χ2v) is 7.19. The summed E-state index contributed by atoms with van der Waals surface area (Å²) in [5.41, 5.74) is 0.816. The van der Waals surface area contributed by atoms with Crippen LogP contribution in [0.25, 0.3) is 0 Å². The van der Waals surface area contributed by atoms with Crippen LogP contribution in [0.3, 0.4) is 0 Å². The molecule has 160 valence electrons. The lowest BCUT2D eigenvalue weighted by Crippen LogP contribution is -2.54. The Morgan fingerprint density at radius 3 is 2.47 bits per heavy atom. The molecule has 4 N–H and O–H groups in total. The second-order valence-electron chi connectivity index (χ2n) is 7.19. The summed E-state index contributed by atoms with van der Waals surface area (Å²) in [5, 5.41) is 39.7. The summed E-state index contributed by atoms with van der Waals surface area (Å²) in [6.07, 6.45) is -5.94. The maximum atomic E-state index is 12.6. The molecule has 0 amide bonds. The molecule has 2 aromatic carbocycles. The molecule has 0 aromatic heterocycles. The van der Waals surface area contributed by atoms with Crippen LogP contribution in [-0.2, 0) is 4.74 Å². The van der Waals surface area contributed by atoms with E-state index in [9.17, 15) is 25.2 Å². The highest BCUT2D eigenvalue weighted by molar-refractivity contribution is 6.02. The van der Waals surface area contributed by atoms with Gasteiger partial charge in [-0.1, -0.05) is 12.1 Å². The van der Waals surface area contributed by atoms with Crippen LogP contribution in [-0.4, -0.2) is 64.5 Å². The van der Waals surface area contributed by atoms with Gasteiger partial charge >= 0.3 is 0 Å². The number of phenolic OH excluding ortho intramolecular Hbond substituents is 1. The highest BCUT2D eigenvalue weighted by Crippen LogP contribution is 2.42. The van der Waals surface area contributed by atoms with Gasteiger partial charge in [-0.3, -0.25) is 4.79 Å². The Labute approximate surface area is 172 Å². The number of ether oxygens (including phenoxy) is 4. The number of phenols is 1. The topological polar surface area (TPSA) is 135 Å². The number of aromatic hydroxyl groups is 1. The van der Waals surface area contributed by atoms with E-state index in [1.165, 1.54) is 12.1 Å². The van der Waals surface area contributed by atoms with E-state index in [1.807, 2.05) is 0 Å². The Kier molecular flexibility index (Phi) is 5.52. The minimum absolute atomic E-state index is 0.0488. The monoisotopic (exact) mass is 418 g/mol. The number of hydrogen-bond donors (Lipinski definition) is 4. The molecule has 2 heterocycles. The smallest absolute Gasteiger partial charge is 0.228 e. The molecule has 9 nitrogen and oxygen atoms in total. The number of carbonyl (C=O) groups is 1. The number of benzene rings is 2. The van der Waals surface area contributed by atoms with Crippen LogP contribution >= 0.6 is 0 Å². The number of Topliss-reactive ketones (excluding diaryl/α,β-unsaturated/α-hetero) is 1. The van der Waals surface area contributed by atoms with Gasteiger partial charge in [-0.2, -0.15) is 0 Å². The lowest BCUT2D eigenvalue weighted by molar-refractivity contribution is -0.242. The zero-order valence-corrected chi connectivity index (χ0v) is 16.1. The van der Waals surface area contributed by atoms with E-state index >= 15 is 0 Å². The molecule has 0 bridgehead atoms. The molecule has 0 saturated carbocycles. The van der Waals surface area contributed by atoms with Gasteiger partial charge in [-0.15, -0.1) is 0 Å². The Balaban J connectivity index is 1.57. The zero-order valence-electron chi connectivity index (χ0n) is 16.1. The van der Waals surface area contributed by atoms with Gasteiger partial charge in [0.2, 0.25) is 6.29 Å². The minimum atomic E-state index is -1.50. The Morgan fingerprint density at radius 2 is 1.77 bits per heavy atom. The highest BCUT2D eigenvalue weighted by Gasteiger charge is 2.39. The van der Waals surface area contributed by atoms with Crippen molar-refractivity contribution in [2.75, 3.05) is 13.7 Å². The molecule has 0 spiro atoms. The molecular weight excluding hydrogens is 396 g/mol. The van der Waals surface area contributed by atoms with Gasteiger partial charge in [0.25, 0.3) is 0 Å². The zero-order chi connectivity index (χ0) is 21.4. The third-order valence-corrected chi connectivity index (χ3v) is 5.17. The van der Waals surface area contributed by atoms with Crippen LogP contribution in [0, 0.1) is 0 Å². The maximum Gasteiger partial charge on any atom is 0.228 e. The van der Waals surface area contributed by atoms with Crippen molar-refractivity contribution in [3.63, 3.8) is 0 Å². The second kappa shape index (κ2) is 8.11. The summed E-state index contributed by atoms with van der Waals surface area (Å²) in [7, 11) is 1.56. The Bertz CT molecular complexity index is 927. The third kappa shape index (κ3) is 3.80. The molecule has 2 aromatic rings. The first kappa shape index (κ1) is 20.4. The van der Waals surface area contributed by atoms with E-state index in [0.29, 0.717) is 5.75 Å². The summed E-state index contributed by atoms with van der Waals surface area (Å²) >= 11 is 0. The summed E-state index contributed by atoms with van der Waals surface area (Å²) in [6.45, 7) is -0.228. The standard InChI is InChI=1S/C21H22O9/c1-27-11-4-2-10(3-5-11)16-8-14(23)18-13(22)6-12(7-17(18)30-16)29-21-20(26)19(25)15(24)9-28-21/h2-7,15-16,19-22,24-26H,8-9H2,1H3/t15-,16-,19+,20-,21+/m1/s1. The third-order valence-electron chi connectivity index (χ3n) is 5.17. The van der Waals surface area contributed by atoms with Crippen molar-refractivity contribution in [2.24, 2.45) is 0 Å². The fourth-order valence-corrected chi connectivity index (χ4v) is 3.50. The number of ketones is 1. The first-order chi connectivity index (χ1) is 14.4. The maximum absolute atomic E-state index is 12.6. The number of aliphatic hydroxyl groups is 3. The number of methoxy groups -OCH3 is 1. The first-order valence-corrected chi connectivity index (χ1v) is 9.40. The Morgan fingerprint density at radius 1 is 1.03 bits per heavy atom. The van der Waals surface area contributed by atoms with E-state index in [2.05, 4.69) is 0 Å². The van der Waals surface area contributed by atoms with Crippen LogP contribution < -0.4 is 14.2 Å². The van der Waals surface area contributed by atoms with E-state index < -0.39 is 30.7 Å². The molecule has 2 aliphatic heterocycles. The van der Waals surface area contributed by atoms with Crippen LogP contribution in [0.2, 0.25) is 0 Å². The van der Waals surface area contributed by atoms with E-state index in [4.69, 9.17) is 18.9 Å². The van der Waals surface area contributed by atoms with Gasteiger partial charge in [0, 0.05) is 12.1 Å². The van der Waals surface area contributed by atoms with Crippen molar-refractivity contribution in [3.05, 3.63) is 47.5 Å². The lowest BCUT2D eigenvalue weighted by atomic mass is 9.95. The van der Waals surface area contributed by atoms with Crippen molar-refractivity contribution in [2.45, 2.75) is 37.1 Å². The average molecular weight is 418 g/mol. The van der Waals surface area contributed by atoms with E-state index in [0.717, 1.165) is 5.56 Å². The SMILES string of the molecule is COc1ccc([C@H]2CC(=O)c3c(O)cc(O[C@@H]4OC[C@@H](O)[C@H](O)[C@H]4O)cc3O2)cc1. The van der Waals surface area contributed by atoms with Crippen molar-refractivity contribution in [3.8, 4) is 23.0 Å². The van der Waals surface area contributed by atoms with E-state index in [1.54, 1.807) is 31.4 Å². The van der Waals surface area contributed by atoms with Crippen molar-refractivity contribution in [1.29, 1.82) is 0 Å².